The van der Waals surface area contributed by atoms with Gasteiger partial charge in [0, 0.05) is 0 Å². The molecule has 1 fully saturated rings. The molecule has 0 spiro atoms. The first-order valence-corrected chi connectivity index (χ1v) is 9.46. The van der Waals surface area contributed by atoms with E-state index >= 15 is 0 Å². The van der Waals surface area contributed by atoms with Crippen LogP contribution in [-0.2, 0) is 10.1 Å². The Balaban J connectivity index is 1.82. The van der Waals surface area contributed by atoms with Crippen molar-refractivity contribution in [3.8, 4) is 0 Å². The summed E-state index contributed by atoms with van der Waals surface area (Å²) >= 11 is 2.38. The number of hydrogen-bond donors (Lipinski definition) is 0. The number of thioether (sulfide) groups is 1. The van der Waals surface area contributed by atoms with Gasteiger partial charge in [0.1, 0.15) is 0 Å². The predicted molar refractivity (Wildman–Crippen MR) is 74.9 cm³/mol. The van der Waals surface area contributed by atoms with Crippen molar-refractivity contribution in [2.45, 2.75) is 40.7 Å². The standard InChI is InChI=1S/C14H18OSSe/c1-16-13-7-5-11(6-8-13)10-17-14-4-2-3-12(15)9-14/h5-8,14H,2-4,9-10H2,1H3. The zero-order valence-electron chi connectivity index (χ0n) is 10.1. The molecule has 1 aliphatic rings. The Labute approximate surface area is 114 Å². The summed E-state index contributed by atoms with van der Waals surface area (Å²) < 4.78 is 0. The Kier molecular flexibility index (Phi) is 5.15. The summed E-state index contributed by atoms with van der Waals surface area (Å²) in [6.45, 7) is 0. The van der Waals surface area contributed by atoms with Gasteiger partial charge in [-0.05, 0) is 0 Å². The van der Waals surface area contributed by atoms with Crippen LogP contribution in [0, 0.1) is 0 Å². The van der Waals surface area contributed by atoms with Crippen LogP contribution in [-0.4, -0.2) is 27.0 Å². The number of Topliss-reactive ketones (excluding diaryl/α,β-unsaturated/α-hetero) is 1. The zero-order chi connectivity index (χ0) is 12.1. The van der Waals surface area contributed by atoms with E-state index in [2.05, 4.69) is 30.5 Å². The third-order valence-electron chi connectivity index (χ3n) is 3.08. The monoisotopic (exact) mass is 314 g/mol. The molecule has 1 aliphatic carbocycles. The first-order chi connectivity index (χ1) is 8.28. The van der Waals surface area contributed by atoms with E-state index in [1.165, 1.54) is 22.2 Å². The van der Waals surface area contributed by atoms with Gasteiger partial charge in [-0.1, -0.05) is 0 Å². The van der Waals surface area contributed by atoms with Crippen LogP contribution < -0.4 is 0 Å². The van der Waals surface area contributed by atoms with Gasteiger partial charge in [-0.2, -0.15) is 0 Å². The van der Waals surface area contributed by atoms with Gasteiger partial charge in [0.2, 0.25) is 0 Å². The van der Waals surface area contributed by atoms with Crippen molar-refractivity contribution < 1.29 is 4.79 Å². The molecule has 1 aromatic carbocycles. The number of hydrogen-bond acceptors (Lipinski definition) is 2. The molecule has 0 radical (unpaired) electrons. The first kappa shape index (κ1) is 13.2. The summed E-state index contributed by atoms with van der Waals surface area (Å²) in [5.74, 6) is 0.487. The second-order valence-electron chi connectivity index (χ2n) is 4.42. The van der Waals surface area contributed by atoms with Crippen molar-refractivity contribution in [2.75, 3.05) is 6.26 Å². The summed E-state index contributed by atoms with van der Waals surface area (Å²) in [4.78, 5) is 13.4. The Morgan fingerprint density at radius 2 is 2.12 bits per heavy atom. The topological polar surface area (TPSA) is 17.1 Å². The molecule has 92 valence electrons. The zero-order valence-corrected chi connectivity index (χ0v) is 12.7. The quantitative estimate of drug-likeness (QED) is 0.625. The number of rotatable bonds is 4. The van der Waals surface area contributed by atoms with E-state index in [1.54, 1.807) is 11.8 Å². The van der Waals surface area contributed by atoms with Crippen LogP contribution in [0.1, 0.15) is 31.2 Å². The van der Waals surface area contributed by atoms with Crippen LogP contribution in [0.25, 0.3) is 0 Å². The average molecular weight is 313 g/mol. The molecule has 1 atom stereocenters. The number of ketones is 1. The predicted octanol–water partition coefficient (Wildman–Crippen LogP) is 3.54. The molecule has 0 aliphatic heterocycles. The van der Waals surface area contributed by atoms with Crippen LogP contribution in [0.15, 0.2) is 29.2 Å². The Morgan fingerprint density at radius 1 is 1.35 bits per heavy atom. The molecule has 0 heterocycles. The molecule has 1 nitrogen and oxygen atoms in total. The van der Waals surface area contributed by atoms with E-state index in [4.69, 9.17) is 0 Å². The summed E-state index contributed by atoms with van der Waals surface area (Å²) in [5.41, 5.74) is 1.43. The fourth-order valence-corrected chi connectivity index (χ4v) is 5.11. The molecule has 1 saturated carbocycles. The molecule has 2 rings (SSSR count). The number of carbonyl (C=O) groups excluding carboxylic acids is 1. The molecule has 3 heteroatoms. The van der Waals surface area contributed by atoms with Crippen LogP contribution in [0.2, 0.25) is 4.82 Å². The maximum absolute atomic E-state index is 11.4. The van der Waals surface area contributed by atoms with Gasteiger partial charge in [0.05, 0.1) is 0 Å². The van der Waals surface area contributed by atoms with Crippen LogP contribution in [0.4, 0.5) is 0 Å². The van der Waals surface area contributed by atoms with Crippen molar-refractivity contribution in [3.05, 3.63) is 29.8 Å². The Bertz CT molecular complexity index is 374. The molecule has 1 unspecified atom stereocenters. The van der Waals surface area contributed by atoms with Crippen molar-refractivity contribution >= 4 is 32.5 Å². The van der Waals surface area contributed by atoms with Gasteiger partial charge in [-0.15, -0.1) is 0 Å². The number of benzene rings is 1. The SMILES string of the molecule is CSc1ccc(C[Se]C2CCCC(=O)C2)cc1. The summed E-state index contributed by atoms with van der Waals surface area (Å²) in [6, 6.07) is 8.86. The van der Waals surface area contributed by atoms with Crippen molar-refractivity contribution in [3.63, 3.8) is 0 Å². The van der Waals surface area contributed by atoms with Gasteiger partial charge < -0.3 is 0 Å². The number of carbonyl (C=O) groups is 1. The normalized spacial score (nSPS) is 20.5. The van der Waals surface area contributed by atoms with E-state index in [0.717, 1.165) is 19.3 Å². The van der Waals surface area contributed by atoms with Gasteiger partial charge in [0.25, 0.3) is 0 Å². The molecular formula is C14H18OSSe. The fourth-order valence-electron chi connectivity index (χ4n) is 2.06. The second-order valence-corrected chi connectivity index (χ2v) is 8.00. The van der Waals surface area contributed by atoms with Gasteiger partial charge in [0.15, 0.2) is 0 Å². The summed E-state index contributed by atoms with van der Waals surface area (Å²) in [6.07, 6.45) is 6.18. The molecular weight excluding hydrogens is 295 g/mol. The van der Waals surface area contributed by atoms with Crippen LogP contribution in [0.3, 0.4) is 0 Å². The Morgan fingerprint density at radius 3 is 2.76 bits per heavy atom. The van der Waals surface area contributed by atoms with Crippen LogP contribution >= 0.6 is 11.8 Å². The molecule has 0 N–H and O–H groups in total. The van der Waals surface area contributed by atoms with Crippen molar-refractivity contribution in [1.82, 2.24) is 0 Å². The van der Waals surface area contributed by atoms with Gasteiger partial charge in [-0.25, -0.2) is 0 Å². The summed E-state index contributed by atoms with van der Waals surface area (Å²) in [5, 5.41) is 1.18. The van der Waals surface area contributed by atoms with E-state index < -0.39 is 0 Å². The molecule has 0 amide bonds. The minimum absolute atomic E-state index is 0.487. The average Bonchev–Trinajstić information content (AvgIpc) is 2.37. The van der Waals surface area contributed by atoms with E-state index in [9.17, 15) is 4.79 Å². The fraction of sp³-hybridized carbons (Fsp3) is 0.500. The summed E-state index contributed by atoms with van der Waals surface area (Å²) in [7, 11) is 0. The van der Waals surface area contributed by atoms with Crippen molar-refractivity contribution in [2.24, 2.45) is 0 Å². The third kappa shape index (κ3) is 4.17. The molecule has 1 aromatic rings. The van der Waals surface area contributed by atoms with E-state index in [0.29, 0.717) is 25.6 Å². The maximum atomic E-state index is 11.4. The van der Waals surface area contributed by atoms with Crippen LogP contribution in [0.5, 0.6) is 0 Å². The minimum atomic E-state index is 0.487. The molecule has 0 saturated heterocycles. The van der Waals surface area contributed by atoms with Gasteiger partial charge in [-0.3, -0.25) is 0 Å². The van der Waals surface area contributed by atoms with Gasteiger partial charge >= 0.3 is 114 Å². The second kappa shape index (κ2) is 6.63. The van der Waals surface area contributed by atoms with Crippen molar-refractivity contribution in [1.29, 1.82) is 0 Å². The molecule has 0 aromatic heterocycles. The molecule has 17 heavy (non-hydrogen) atoms. The van der Waals surface area contributed by atoms with E-state index in [-0.39, 0.29) is 0 Å². The molecule has 0 bridgehead atoms. The first-order valence-electron chi connectivity index (χ1n) is 6.04. The third-order valence-corrected chi connectivity index (χ3v) is 6.71. The Hall–Kier alpha value is -0.241. The van der Waals surface area contributed by atoms with E-state index in [1.807, 2.05) is 0 Å².